The number of hydrogen-bond donors (Lipinski definition) is 1. The number of amides is 2. The Kier molecular flexibility index (Phi) is 2.68. The summed E-state index contributed by atoms with van der Waals surface area (Å²) in [6.07, 6.45) is 4.03. The van der Waals surface area contributed by atoms with Gasteiger partial charge in [0.25, 0.3) is 0 Å². The summed E-state index contributed by atoms with van der Waals surface area (Å²) in [5.74, 6) is -0.118. The van der Waals surface area contributed by atoms with E-state index in [1.807, 2.05) is 13.8 Å². The molecule has 1 heterocycles. The minimum atomic E-state index is -0.424. The number of rotatable bonds is 3. The second-order valence-electron chi connectivity index (χ2n) is 5.47. The van der Waals surface area contributed by atoms with E-state index in [0.717, 1.165) is 25.7 Å². The van der Waals surface area contributed by atoms with E-state index in [-0.39, 0.29) is 23.1 Å². The lowest BCUT2D eigenvalue weighted by Crippen LogP contribution is -2.51. The molecule has 1 saturated heterocycles. The van der Waals surface area contributed by atoms with E-state index in [2.05, 4.69) is 0 Å². The predicted molar refractivity (Wildman–Crippen MR) is 60.4 cm³/mol. The molecule has 1 spiro atoms. The van der Waals surface area contributed by atoms with Crippen LogP contribution in [0.1, 0.15) is 39.5 Å². The highest BCUT2D eigenvalue weighted by Gasteiger charge is 2.52. The van der Waals surface area contributed by atoms with Gasteiger partial charge in [-0.2, -0.15) is 0 Å². The molecule has 1 aliphatic heterocycles. The van der Waals surface area contributed by atoms with Gasteiger partial charge in [0.05, 0.1) is 5.41 Å². The Morgan fingerprint density at radius 1 is 1.38 bits per heavy atom. The van der Waals surface area contributed by atoms with E-state index in [1.165, 1.54) is 0 Å². The molecule has 2 rings (SSSR count). The molecule has 2 aliphatic rings. The first-order valence-corrected chi connectivity index (χ1v) is 6.08. The standard InChI is InChI=1S/C12H20N2O2/c1-8(2)9(10(13)15)14-7-6-12(11(14)16)4-3-5-12/h8-9H,3-7H2,1-2H3,(H2,13,15). The van der Waals surface area contributed by atoms with Gasteiger partial charge in [0.2, 0.25) is 11.8 Å². The smallest absolute Gasteiger partial charge is 0.240 e. The first-order valence-electron chi connectivity index (χ1n) is 6.08. The molecule has 0 aromatic carbocycles. The summed E-state index contributed by atoms with van der Waals surface area (Å²) in [6, 6.07) is -0.424. The summed E-state index contributed by atoms with van der Waals surface area (Å²) in [5.41, 5.74) is 5.27. The van der Waals surface area contributed by atoms with Gasteiger partial charge in [-0.05, 0) is 25.2 Å². The van der Waals surface area contributed by atoms with Crippen molar-refractivity contribution in [2.75, 3.05) is 6.54 Å². The SMILES string of the molecule is CC(C)C(C(N)=O)N1CCC2(CCC2)C1=O. The Labute approximate surface area is 96.2 Å². The van der Waals surface area contributed by atoms with Crippen molar-refractivity contribution in [1.29, 1.82) is 0 Å². The normalized spacial score (nSPS) is 24.9. The van der Waals surface area contributed by atoms with Crippen LogP contribution in [-0.2, 0) is 9.59 Å². The van der Waals surface area contributed by atoms with Crippen LogP contribution in [0.3, 0.4) is 0 Å². The number of carbonyl (C=O) groups is 2. The molecule has 1 aliphatic carbocycles. The molecular weight excluding hydrogens is 204 g/mol. The molecule has 2 fully saturated rings. The fourth-order valence-electron chi connectivity index (χ4n) is 3.02. The summed E-state index contributed by atoms with van der Waals surface area (Å²) in [6.45, 7) is 4.58. The Balaban J connectivity index is 2.16. The van der Waals surface area contributed by atoms with Crippen molar-refractivity contribution >= 4 is 11.8 Å². The average molecular weight is 224 g/mol. The Morgan fingerprint density at radius 3 is 2.31 bits per heavy atom. The maximum atomic E-state index is 12.3. The number of primary amides is 1. The van der Waals surface area contributed by atoms with Crippen LogP contribution in [0.2, 0.25) is 0 Å². The van der Waals surface area contributed by atoms with Crippen LogP contribution in [0.25, 0.3) is 0 Å². The summed E-state index contributed by atoms with van der Waals surface area (Å²) < 4.78 is 0. The largest absolute Gasteiger partial charge is 0.368 e. The van der Waals surface area contributed by atoms with E-state index < -0.39 is 6.04 Å². The Morgan fingerprint density at radius 2 is 2.00 bits per heavy atom. The van der Waals surface area contributed by atoms with E-state index >= 15 is 0 Å². The van der Waals surface area contributed by atoms with Gasteiger partial charge in [0.1, 0.15) is 6.04 Å². The van der Waals surface area contributed by atoms with Gasteiger partial charge in [0.15, 0.2) is 0 Å². The summed E-state index contributed by atoms with van der Waals surface area (Å²) in [7, 11) is 0. The fraction of sp³-hybridized carbons (Fsp3) is 0.833. The number of likely N-dealkylation sites (tertiary alicyclic amines) is 1. The van der Waals surface area contributed by atoms with Crippen molar-refractivity contribution in [3.8, 4) is 0 Å². The zero-order valence-corrected chi connectivity index (χ0v) is 10.0. The van der Waals surface area contributed by atoms with Crippen LogP contribution in [0, 0.1) is 11.3 Å². The lowest BCUT2D eigenvalue weighted by atomic mass is 9.68. The van der Waals surface area contributed by atoms with E-state index in [4.69, 9.17) is 5.73 Å². The molecule has 1 unspecified atom stereocenters. The van der Waals surface area contributed by atoms with Gasteiger partial charge in [-0.3, -0.25) is 9.59 Å². The van der Waals surface area contributed by atoms with Crippen molar-refractivity contribution in [3.05, 3.63) is 0 Å². The molecule has 0 radical (unpaired) electrons. The van der Waals surface area contributed by atoms with Crippen molar-refractivity contribution in [2.24, 2.45) is 17.1 Å². The minimum Gasteiger partial charge on any atom is -0.368 e. The summed E-state index contributed by atoms with van der Waals surface area (Å²) >= 11 is 0. The van der Waals surface area contributed by atoms with Gasteiger partial charge in [-0.1, -0.05) is 20.3 Å². The van der Waals surface area contributed by atoms with Crippen LogP contribution in [0.4, 0.5) is 0 Å². The van der Waals surface area contributed by atoms with Gasteiger partial charge in [-0.15, -0.1) is 0 Å². The molecule has 2 N–H and O–H groups in total. The predicted octanol–water partition coefficient (Wildman–Crippen LogP) is 0.899. The van der Waals surface area contributed by atoms with Crippen LogP contribution in [0.15, 0.2) is 0 Å². The van der Waals surface area contributed by atoms with Gasteiger partial charge < -0.3 is 10.6 Å². The summed E-state index contributed by atoms with van der Waals surface area (Å²) in [4.78, 5) is 25.4. The molecule has 0 aromatic rings. The molecule has 16 heavy (non-hydrogen) atoms. The van der Waals surface area contributed by atoms with Crippen LogP contribution >= 0.6 is 0 Å². The van der Waals surface area contributed by atoms with Crippen LogP contribution < -0.4 is 5.73 Å². The van der Waals surface area contributed by atoms with E-state index in [1.54, 1.807) is 4.90 Å². The minimum absolute atomic E-state index is 0.0941. The summed E-state index contributed by atoms with van der Waals surface area (Å²) in [5, 5.41) is 0. The molecule has 0 aromatic heterocycles. The van der Waals surface area contributed by atoms with Crippen LogP contribution in [0.5, 0.6) is 0 Å². The van der Waals surface area contributed by atoms with E-state index in [0.29, 0.717) is 6.54 Å². The van der Waals surface area contributed by atoms with Crippen molar-refractivity contribution in [1.82, 2.24) is 4.90 Å². The Hall–Kier alpha value is -1.06. The molecule has 2 amide bonds. The zero-order valence-electron chi connectivity index (χ0n) is 10.0. The lowest BCUT2D eigenvalue weighted by molar-refractivity contribution is -0.146. The molecular formula is C12H20N2O2. The number of nitrogens with two attached hydrogens (primary N) is 1. The first-order chi connectivity index (χ1) is 7.48. The third kappa shape index (κ3) is 1.51. The fourth-order valence-corrected chi connectivity index (χ4v) is 3.02. The number of hydrogen-bond acceptors (Lipinski definition) is 2. The zero-order chi connectivity index (χ0) is 11.9. The maximum absolute atomic E-state index is 12.3. The van der Waals surface area contributed by atoms with Crippen LogP contribution in [-0.4, -0.2) is 29.3 Å². The molecule has 0 bridgehead atoms. The first kappa shape index (κ1) is 11.4. The average Bonchev–Trinajstić information content (AvgIpc) is 2.43. The van der Waals surface area contributed by atoms with Crippen molar-refractivity contribution in [2.45, 2.75) is 45.6 Å². The highest BCUT2D eigenvalue weighted by Crippen LogP contribution is 2.49. The third-order valence-electron chi connectivity index (χ3n) is 4.12. The van der Waals surface area contributed by atoms with Gasteiger partial charge in [-0.25, -0.2) is 0 Å². The van der Waals surface area contributed by atoms with Gasteiger partial charge in [0, 0.05) is 6.54 Å². The Bertz CT molecular complexity index is 321. The molecule has 4 heteroatoms. The van der Waals surface area contributed by atoms with Crippen molar-refractivity contribution < 1.29 is 9.59 Å². The van der Waals surface area contributed by atoms with Crippen molar-refractivity contribution in [3.63, 3.8) is 0 Å². The lowest BCUT2D eigenvalue weighted by Gasteiger charge is -2.37. The second kappa shape index (κ2) is 3.75. The monoisotopic (exact) mass is 224 g/mol. The molecule has 90 valence electrons. The maximum Gasteiger partial charge on any atom is 0.240 e. The highest BCUT2D eigenvalue weighted by molar-refractivity contribution is 5.91. The topological polar surface area (TPSA) is 63.4 Å². The second-order valence-corrected chi connectivity index (χ2v) is 5.47. The third-order valence-corrected chi connectivity index (χ3v) is 4.12. The highest BCUT2D eigenvalue weighted by atomic mass is 16.2. The molecule has 1 saturated carbocycles. The number of nitrogens with zero attached hydrogens (tertiary/aromatic N) is 1. The quantitative estimate of drug-likeness (QED) is 0.774. The molecule has 4 nitrogen and oxygen atoms in total. The number of carbonyl (C=O) groups excluding carboxylic acids is 2. The van der Waals surface area contributed by atoms with E-state index in [9.17, 15) is 9.59 Å². The molecule has 1 atom stereocenters. The van der Waals surface area contributed by atoms with Gasteiger partial charge >= 0.3 is 0 Å².